The fourth-order valence-corrected chi connectivity index (χ4v) is 3.27. The zero-order valence-electron chi connectivity index (χ0n) is 17.4. The van der Waals surface area contributed by atoms with E-state index >= 15 is 0 Å². The smallest absolute Gasteiger partial charge is 0.250 e. The summed E-state index contributed by atoms with van der Waals surface area (Å²) in [6.45, 7) is 0. The van der Waals surface area contributed by atoms with E-state index in [-0.39, 0.29) is 23.9 Å². The predicted octanol–water partition coefficient (Wildman–Crippen LogP) is 3.95. The van der Waals surface area contributed by atoms with Crippen LogP contribution in [0.25, 0.3) is 16.8 Å². The van der Waals surface area contributed by atoms with E-state index in [1.165, 1.54) is 6.08 Å². The molecule has 0 atom stereocenters. The lowest BCUT2D eigenvalue weighted by atomic mass is 10.0. The summed E-state index contributed by atoms with van der Waals surface area (Å²) in [6, 6.07) is 20.5. The van der Waals surface area contributed by atoms with Crippen molar-refractivity contribution < 1.29 is 14.4 Å². The van der Waals surface area contributed by atoms with Gasteiger partial charge in [-0.2, -0.15) is 0 Å². The molecule has 4 N–H and O–H groups in total. The highest BCUT2D eigenvalue weighted by Crippen LogP contribution is 2.21. The summed E-state index contributed by atoms with van der Waals surface area (Å²) < 4.78 is 0. The van der Waals surface area contributed by atoms with Gasteiger partial charge >= 0.3 is 0 Å². The molecule has 0 fully saturated rings. The number of carbonyl (C=O) groups excluding carboxylic acids is 3. The SMILES string of the molecule is O=C(/C=C/c1cccc2ccccc12)NC(=S)NNC(=O)CCC(=O)Nc1ccccc1Cl. The van der Waals surface area contributed by atoms with Crippen molar-refractivity contribution >= 4 is 69.2 Å². The summed E-state index contributed by atoms with van der Waals surface area (Å²) >= 11 is 11.0. The third-order valence-corrected chi connectivity index (χ3v) is 5.05. The summed E-state index contributed by atoms with van der Waals surface area (Å²) in [7, 11) is 0. The van der Waals surface area contributed by atoms with Crippen LogP contribution in [0, 0.1) is 0 Å². The van der Waals surface area contributed by atoms with Crippen LogP contribution in [0.15, 0.2) is 72.8 Å². The van der Waals surface area contributed by atoms with Crippen molar-refractivity contribution in [3.05, 3.63) is 83.4 Å². The number of anilines is 1. The van der Waals surface area contributed by atoms with Crippen molar-refractivity contribution in [2.24, 2.45) is 0 Å². The molecule has 0 aromatic heterocycles. The van der Waals surface area contributed by atoms with Crippen LogP contribution >= 0.6 is 23.8 Å². The van der Waals surface area contributed by atoms with Gasteiger partial charge in [0, 0.05) is 18.9 Å². The Morgan fingerprint density at radius 1 is 0.848 bits per heavy atom. The number of halogens is 1. The highest BCUT2D eigenvalue weighted by atomic mass is 35.5. The van der Waals surface area contributed by atoms with Crippen molar-refractivity contribution in [1.29, 1.82) is 0 Å². The van der Waals surface area contributed by atoms with Crippen molar-refractivity contribution in [1.82, 2.24) is 16.2 Å². The van der Waals surface area contributed by atoms with Crippen LogP contribution in [0.1, 0.15) is 18.4 Å². The molecule has 3 aromatic carbocycles. The number of hydrazine groups is 1. The number of hydrogen-bond donors (Lipinski definition) is 4. The number of carbonyl (C=O) groups is 3. The Kier molecular flexibility index (Phi) is 8.51. The summed E-state index contributed by atoms with van der Waals surface area (Å²) in [5.74, 6) is -1.27. The Morgan fingerprint density at radius 3 is 2.36 bits per heavy atom. The van der Waals surface area contributed by atoms with Crippen LogP contribution in [0.5, 0.6) is 0 Å². The molecule has 0 aliphatic heterocycles. The molecule has 0 saturated heterocycles. The molecular formula is C24H21ClN4O3S. The number of amides is 3. The molecule has 0 unspecified atom stereocenters. The standard InChI is InChI=1S/C24H21ClN4O3S/c25-19-10-3-4-11-20(19)26-21(30)14-15-23(32)28-29-24(33)27-22(31)13-12-17-8-5-7-16-6-1-2-9-18(16)17/h1-13H,14-15H2,(H,26,30)(H,28,32)(H2,27,29,31,33)/b13-12+. The summed E-state index contributed by atoms with van der Waals surface area (Å²) in [5, 5.41) is 7.51. The minimum Gasteiger partial charge on any atom is -0.325 e. The molecule has 0 bridgehead atoms. The average Bonchev–Trinajstić information content (AvgIpc) is 2.81. The molecule has 3 rings (SSSR count). The lowest BCUT2D eigenvalue weighted by Crippen LogP contribution is -2.48. The van der Waals surface area contributed by atoms with E-state index in [1.54, 1.807) is 30.3 Å². The van der Waals surface area contributed by atoms with Crippen LogP contribution in [-0.2, 0) is 14.4 Å². The summed E-state index contributed by atoms with van der Waals surface area (Å²) in [6.07, 6.45) is 2.92. The lowest BCUT2D eigenvalue weighted by Gasteiger charge is -2.10. The lowest BCUT2D eigenvalue weighted by molar-refractivity contribution is -0.124. The second kappa shape index (κ2) is 11.8. The first-order valence-electron chi connectivity index (χ1n) is 10.0. The first kappa shape index (κ1) is 23.9. The zero-order valence-corrected chi connectivity index (χ0v) is 19.0. The minimum absolute atomic E-state index is 0.0500. The van der Waals surface area contributed by atoms with Crippen molar-refractivity contribution in [2.75, 3.05) is 5.32 Å². The van der Waals surface area contributed by atoms with E-state index < -0.39 is 11.8 Å². The third kappa shape index (κ3) is 7.41. The topological polar surface area (TPSA) is 99.3 Å². The van der Waals surface area contributed by atoms with E-state index in [1.807, 2.05) is 42.5 Å². The second-order valence-corrected chi connectivity index (χ2v) is 7.74. The van der Waals surface area contributed by atoms with Gasteiger partial charge in [-0.15, -0.1) is 0 Å². The van der Waals surface area contributed by atoms with Crippen LogP contribution in [0.4, 0.5) is 5.69 Å². The van der Waals surface area contributed by atoms with Crippen LogP contribution < -0.4 is 21.5 Å². The Labute approximate surface area is 201 Å². The maximum Gasteiger partial charge on any atom is 0.250 e. The molecule has 33 heavy (non-hydrogen) atoms. The first-order chi connectivity index (χ1) is 15.9. The largest absolute Gasteiger partial charge is 0.325 e. The third-order valence-electron chi connectivity index (χ3n) is 4.52. The molecule has 9 heteroatoms. The molecule has 0 spiro atoms. The first-order valence-corrected chi connectivity index (χ1v) is 10.8. The number of thiocarbonyl (C=S) groups is 1. The van der Waals surface area contributed by atoms with Gasteiger partial charge in [0.15, 0.2) is 5.11 Å². The van der Waals surface area contributed by atoms with Gasteiger partial charge in [-0.3, -0.25) is 30.6 Å². The van der Waals surface area contributed by atoms with Gasteiger partial charge in [0.2, 0.25) is 17.7 Å². The van der Waals surface area contributed by atoms with E-state index in [4.69, 9.17) is 23.8 Å². The molecule has 3 amide bonds. The van der Waals surface area contributed by atoms with Gasteiger partial charge in [-0.1, -0.05) is 66.2 Å². The van der Waals surface area contributed by atoms with E-state index in [0.29, 0.717) is 10.7 Å². The van der Waals surface area contributed by atoms with Gasteiger partial charge < -0.3 is 5.32 Å². The number of benzene rings is 3. The fourth-order valence-electron chi connectivity index (χ4n) is 2.94. The van der Waals surface area contributed by atoms with Crippen molar-refractivity contribution in [3.63, 3.8) is 0 Å². The Hall–Kier alpha value is -3.75. The summed E-state index contributed by atoms with van der Waals surface area (Å²) in [5.41, 5.74) is 6.15. The van der Waals surface area contributed by atoms with Gasteiger partial charge in [0.1, 0.15) is 0 Å². The molecule has 0 heterocycles. The number of fused-ring (bicyclic) bond motifs is 1. The van der Waals surface area contributed by atoms with Gasteiger partial charge in [-0.05, 0) is 46.8 Å². The molecule has 168 valence electrons. The molecule has 0 radical (unpaired) electrons. The molecule has 0 aliphatic rings. The second-order valence-electron chi connectivity index (χ2n) is 6.92. The molecular weight excluding hydrogens is 460 g/mol. The maximum absolute atomic E-state index is 12.1. The number of nitrogens with one attached hydrogen (secondary N) is 4. The quantitative estimate of drug-likeness (QED) is 0.243. The number of para-hydroxylation sites is 1. The van der Waals surface area contributed by atoms with Gasteiger partial charge in [-0.25, -0.2) is 0 Å². The number of hydrogen-bond acceptors (Lipinski definition) is 4. The minimum atomic E-state index is -0.466. The normalized spacial score (nSPS) is 10.6. The summed E-state index contributed by atoms with van der Waals surface area (Å²) in [4.78, 5) is 36.0. The van der Waals surface area contributed by atoms with E-state index in [0.717, 1.165) is 16.3 Å². The highest BCUT2D eigenvalue weighted by molar-refractivity contribution is 7.80. The molecule has 7 nitrogen and oxygen atoms in total. The maximum atomic E-state index is 12.1. The Balaban J connectivity index is 1.40. The molecule has 0 aliphatic carbocycles. The zero-order chi connectivity index (χ0) is 23.6. The van der Waals surface area contributed by atoms with Crippen molar-refractivity contribution in [3.8, 4) is 0 Å². The van der Waals surface area contributed by atoms with Crippen LogP contribution in [-0.4, -0.2) is 22.8 Å². The molecule has 0 saturated carbocycles. The van der Waals surface area contributed by atoms with Crippen molar-refractivity contribution in [2.45, 2.75) is 12.8 Å². The van der Waals surface area contributed by atoms with Gasteiger partial charge in [0.25, 0.3) is 0 Å². The van der Waals surface area contributed by atoms with E-state index in [9.17, 15) is 14.4 Å². The Bertz CT molecular complexity index is 1220. The fraction of sp³-hybridized carbons (Fsp3) is 0.0833. The monoisotopic (exact) mass is 480 g/mol. The highest BCUT2D eigenvalue weighted by Gasteiger charge is 2.09. The van der Waals surface area contributed by atoms with E-state index in [2.05, 4.69) is 21.5 Å². The van der Waals surface area contributed by atoms with Crippen LogP contribution in [0.3, 0.4) is 0 Å². The predicted molar refractivity (Wildman–Crippen MR) is 134 cm³/mol. The number of rotatable bonds is 6. The average molecular weight is 481 g/mol. The molecule has 3 aromatic rings. The Morgan fingerprint density at radius 2 is 1.55 bits per heavy atom. The van der Waals surface area contributed by atoms with Gasteiger partial charge in [0.05, 0.1) is 10.7 Å². The van der Waals surface area contributed by atoms with Crippen LogP contribution in [0.2, 0.25) is 5.02 Å².